The fraction of sp³-hybridized carbons (Fsp3) is 0.235. The maximum Gasteiger partial charge on any atom is 0.407 e. The summed E-state index contributed by atoms with van der Waals surface area (Å²) in [6, 6.07) is 19.6. The molecule has 0 aliphatic heterocycles. The van der Waals surface area contributed by atoms with Gasteiger partial charge in [-0.15, -0.1) is 0 Å². The third-order valence-electron chi connectivity index (χ3n) is 3.08. The Kier molecular flexibility index (Phi) is 6.16. The van der Waals surface area contributed by atoms with Crippen molar-refractivity contribution in [3.8, 4) is 0 Å². The largest absolute Gasteiger partial charge is 0.445 e. The number of hydrogen-bond donors (Lipinski definition) is 2. The van der Waals surface area contributed by atoms with Gasteiger partial charge in [-0.2, -0.15) is 12.6 Å². The van der Waals surface area contributed by atoms with E-state index < -0.39 is 6.09 Å². The van der Waals surface area contributed by atoms with Crippen LogP contribution in [-0.4, -0.2) is 17.9 Å². The molecule has 1 atom stereocenters. The Morgan fingerprint density at radius 2 is 1.57 bits per heavy atom. The standard InChI is InChI=1S/C17H19NO2S/c19-17(20-12-15-9-5-2-6-10-15)18-16(13-21)11-14-7-3-1-4-8-14/h1-10,16,21H,11-13H2,(H,18,19)/t16-/m1/s1. The van der Waals surface area contributed by atoms with Gasteiger partial charge in [0.05, 0.1) is 0 Å². The van der Waals surface area contributed by atoms with Crippen LogP contribution in [0.3, 0.4) is 0 Å². The zero-order valence-electron chi connectivity index (χ0n) is 11.7. The molecule has 2 aromatic rings. The molecule has 0 saturated carbocycles. The molecule has 0 radical (unpaired) electrons. The van der Waals surface area contributed by atoms with Crippen molar-refractivity contribution in [2.45, 2.75) is 19.1 Å². The Morgan fingerprint density at radius 1 is 1.00 bits per heavy atom. The third-order valence-corrected chi connectivity index (χ3v) is 3.52. The summed E-state index contributed by atoms with van der Waals surface area (Å²) < 4.78 is 5.21. The number of alkyl carbamates (subject to hydrolysis) is 1. The van der Waals surface area contributed by atoms with Crippen LogP contribution in [0.25, 0.3) is 0 Å². The van der Waals surface area contributed by atoms with E-state index in [9.17, 15) is 4.79 Å². The van der Waals surface area contributed by atoms with Crippen LogP contribution in [0.5, 0.6) is 0 Å². The first-order valence-electron chi connectivity index (χ1n) is 6.90. The molecule has 110 valence electrons. The molecule has 0 saturated heterocycles. The first kappa shape index (κ1) is 15.4. The van der Waals surface area contributed by atoms with E-state index in [1.807, 2.05) is 60.7 Å². The number of benzene rings is 2. The molecule has 1 N–H and O–H groups in total. The van der Waals surface area contributed by atoms with Gasteiger partial charge in [-0.3, -0.25) is 0 Å². The van der Waals surface area contributed by atoms with Gasteiger partial charge >= 0.3 is 6.09 Å². The normalized spacial score (nSPS) is 11.7. The number of amides is 1. The number of nitrogens with one attached hydrogen (secondary N) is 1. The lowest BCUT2D eigenvalue weighted by Gasteiger charge is -2.16. The van der Waals surface area contributed by atoms with Gasteiger partial charge in [-0.1, -0.05) is 60.7 Å². The summed E-state index contributed by atoms with van der Waals surface area (Å²) >= 11 is 4.29. The van der Waals surface area contributed by atoms with Crippen molar-refractivity contribution in [1.82, 2.24) is 5.32 Å². The van der Waals surface area contributed by atoms with Crippen LogP contribution in [0.2, 0.25) is 0 Å². The summed E-state index contributed by atoms with van der Waals surface area (Å²) in [5, 5.41) is 2.85. The molecule has 21 heavy (non-hydrogen) atoms. The minimum atomic E-state index is -0.408. The minimum Gasteiger partial charge on any atom is -0.445 e. The first-order valence-corrected chi connectivity index (χ1v) is 7.53. The summed E-state index contributed by atoms with van der Waals surface area (Å²) in [6.07, 6.45) is 0.332. The molecule has 0 fully saturated rings. The van der Waals surface area contributed by atoms with E-state index in [0.717, 1.165) is 12.0 Å². The minimum absolute atomic E-state index is 0.0426. The van der Waals surface area contributed by atoms with Crippen LogP contribution >= 0.6 is 12.6 Å². The number of ether oxygens (including phenoxy) is 1. The first-order chi connectivity index (χ1) is 10.3. The number of rotatable bonds is 6. The highest BCUT2D eigenvalue weighted by Crippen LogP contribution is 2.05. The molecule has 0 bridgehead atoms. The molecule has 2 rings (SSSR count). The Bertz CT molecular complexity index is 545. The molecular formula is C17H19NO2S. The second-order valence-electron chi connectivity index (χ2n) is 4.78. The van der Waals surface area contributed by atoms with Crippen molar-refractivity contribution in [3.63, 3.8) is 0 Å². The lowest BCUT2D eigenvalue weighted by atomic mass is 10.1. The van der Waals surface area contributed by atoms with Crippen LogP contribution in [0.15, 0.2) is 60.7 Å². The smallest absolute Gasteiger partial charge is 0.407 e. The van der Waals surface area contributed by atoms with Crippen molar-refractivity contribution >= 4 is 18.7 Å². The predicted molar refractivity (Wildman–Crippen MR) is 87.5 cm³/mol. The highest BCUT2D eigenvalue weighted by atomic mass is 32.1. The molecule has 4 heteroatoms. The van der Waals surface area contributed by atoms with Crippen LogP contribution in [0.4, 0.5) is 4.79 Å². The van der Waals surface area contributed by atoms with E-state index in [4.69, 9.17) is 4.74 Å². The van der Waals surface area contributed by atoms with Crippen molar-refractivity contribution in [1.29, 1.82) is 0 Å². The fourth-order valence-electron chi connectivity index (χ4n) is 1.99. The van der Waals surface area contributed by atoms with E-state index in [2.05, 4.69) is 17.9 Å². The second kappa shape index (κ2) is 8.37. The molecule has 0 unspecified atom stereocenters. The number of carbonyl (C=O) groups excluding carboxylic acids is 1. The number of thiol groups is 1. The predicted octanol–water partition coefficient (Wildman–Crippen LogP) is 3.45. The quantitative estimate of drug-likeness (QED) is 0.802. The maximum absolute atomic E-state index is 11.8. The lowest BCUT2D eigenvalue weighted by Crippen LogP contribution is -2.38. The van der Waals surface area contributed by atoms with Crippen molar-refractivity contribution in [2.75, 3.05) is 5.75 Å². The van der Waals surface area contributed by atoms with E-state index in [-0.39, 0.29) is 12.6 Å². The average molecular weight is 301 g/mol. The van der Waals surface area contributed by atoms with Crippen molar-refractivity contribution < 1.29 is 9.53 Å². The Hall–Kier alpha value is -1.94. The number of hydrogen-bond acceptors (Lipinski definition) is 3. The third kappa shape index (κ3) is 5.52. The summed E-state index contributed by atoms with van der Waals surface area (Å²) in [5.74, 6) is 0.565. The van der Waals surface area contributed by atoms with E-state index in [1.54, 1.807) is 0 Å². The second-order valence-corrected chi connectivity index (χ2v) is 5.14. The molecule has 0 aliphatic rings. The monoisotopic (exact) mass is 301 g/mol. The van der Waals surface area contributed by atoms with Gasteiger partial charge in [0.1, 0.15) is 6.61 Å². The van der Waals surface area contributed by atoms with Gasteiger partial charge in [0.25, 0.3) is 0 Å². The Morgan fingerprint density at radius 3 is 2.14 bits per heavy atom. The maximum atomic E-state index is 11.8. The molecule has 1 amide bonds. The summed E-state index contributed by atoms with van der Waals surface area (Å²) in [5.41, 5.74) is 2.14. The van der Waals surface area contributed by atoms with Crippen LogP contribution in [0, 0.1) is 0 Å². The number of carbonyl (C=O) groups is 1. The Labute approximate surface area is 130 Å². The van der Waals surface area contributed by atoms with Gasteiger partial charge in [0, 0.05) is 11.8 Å². The van der Waals surface area contributed by atoms with Gasteiger partial charge in [0.2, 0.25) is 0 Å². The summed E-state index contributed by atoms with van der Waals surface area (Å²) in [4.78, 5) is 11.8. The van der Waals surface area contributed by atoms with Crippen LogP contribution in [-0.2, 0) is 17.8 Å². The van der Waals surface area contributed by atoms with E-state index >= 15 is 0 Å². The molecule has 2 aromatic carbocycles. The fourth-order valence-corrected chi connectivity index (χ4v) is 2.21. The molecule has 0 aliphatic carbocycles. The molecule has 0 aromatic heterocycles. The van der Waals surface area contributed by atoms with E-state index in [0.29, 0.717) is 5.75 Å². The molecule has 3 nitrogen and oxygen atoms in total. The highest BCUT2D eigenvalue weighted by molar-refractivity contribution is 7.80. The van der Waals surface area contributed by atoms with Crippen molar-refractivity contribution in [3.05, 3.63) is 71.8 Å². The summed E-state index contributed by atoms with van der Waals surface area (Å²) in [6.45, 7) is 0.275. The molecular weight excluding hydrogens is 282 g/mol. The van der Waals surface area contributed by atoms with Gasteiger partial charge in [-0.25, -0.2) is 4.79 Å². The van der Waals surface area contributed by atoms with Gasteiger partial charge in [-0.05, 0) is 17.5 Å². The zero-order valence-corrected chi connectivity index (χ0v) is 12.6. The molecule has 0 heterocycles. The highest BCUT2D eigenvalue weighted by Gasteiger charge is 2.12. The topological polar surface area (TPSA) is 38.3 Å². The van der Waals surface area contributed by atoms with E-state index in [1.165, 1.54) is 5.56 Å². The van der Waals surface area contributed by atoms with Crippen molar-refractivity contribution in [2.24, 2.45) is 0 Å². The summed E-state index contributed by atoms with van der Waals surface area (Å²) in [7, 11) is 0. The van der Waals surface area contributed by atoms with Gasteiger partial charge in [0.15, 0.2) is 0 Å². The van der Waals surface area contributed by atoms with Crippen LogP contribution in [0.1, 0.15) is 11.1 Å². The van der Waals surface area contributed by atoms with Gasteiger partial charge < -0.3 is 10.1 Å². The lowest BCUT2D eigenvalue weighted by molar-refractivity contribution is 0.136. The zero-order chi connectivity index (χ0) is 14.9. The molecule has 0 spiro atoms. The van der Waals surface area contributed by atoms with Crippen LogP contribution < -0.4 is 5.32 Å². The Balaban J connectivity index is 1.80. The SMILES string of the molecule is O=C(N[C@@H](CS)Cc1ccccc1)OCc1ccccc1. The average Bonchev–Trinajstić information content (AvgIpc) is 2.54.